The van der Waals surface area contributed by atoms with Gasteiger partial charge in [0.25, 0.3) is 0 Å². The molecule has 0 heterocycles. The zero-order chi connectivity index (χ0) is 26.5. The maximum atomic E-state index is 2.49. The minimum Gasteiger partial charge on any atom is -0.0683 e. The molecule has 4 bridgehead atoms. The molecule has 7 aliphatic carbocycles. The monoisotopic (exact) mass is 477 g/mol. The van der Waals surface area contributed by atoms with E-state index in [0.29, 0.717) is 16.2 Å². The molecule has 7 fully saturated rings. The molecule has 0 aromatic heterocycles. The van der Waals surface area contributed by atoms with Crippen molar-refractivity contribution in [2.45, 2.75) is 155 Å². The quantitative estimate of drug-likeness (QED) is 0.326. The fourth-order valence-corrected chi connectivity index (χ4v) is 8.26. The molecule has 7 saturated carbocycles. The fraction of sp³-hybridized carbons (Fsp3) is 1.00. The van der Waals surface area contributed by atoms with Gasteiger partial charge in [-0.3, -0.25) is 0 Å². The maximum absolute atomic E-state index is 2.49. The summed E-state index contributed by atoms with van der Waals surface area (Å²) in [5, 5.41) is 0. The van der Waals surface area contributed by atoms with E-state index in [-0.39, 0.29) is 0 Å². The van der Waals surface area contributed by atoms with Gasteiger partial charge in [-0.05, 0) is 89.3 Å². The summed E-state index contributed by atoms with van der Waals surface area (Å²) >= 11 is 0. The summed E-state index contributed by atoms with van der Waals surface area (Å²) < 4.78 is 0. The van der Waals surface area contributed by atoms with Crippen molar-refractivity contribution in [3.8, 4) is 0 Å². The van der Waals surface area contributed by atoms with Crippen LogP contribution >= 0.6 is 0 Å². The van der Waals surface area contributed by atoms with Crippen molar-refractivity contribution in [3.05, 3.63) is 0 Å². The standard InChI is InChI=1S/C12H22.C10H18.C8H16.2C2H6/c1-8-5-6-10-7-11(9(8)2)12(10,3)4;1-7-5-8-6-10(7,4)9(8,2)3;1-7-3-5-8(2)6-4-7;2*1-2/h8-11H,5-7H2,1-4H3;7-8H,5-6H2,1-4H3;7-8H,3-6H2,1-2H3;2*1-2H3. The predicted molar refractivity (Wildman–Crippen MR) is 156 cm³/mol. The first kappa shape index (κ1) is 32.0. The number of hydrogen-bond donors (Lipinski definition) is 0. The Bertz CT molecular complexity index is 549. The van der Waals surface area contributed by atoms with Crippen LogP contribution < -0.4 is 0 Å². The minimum atomic E-state index is 0.659. The summed E-state index contributed by atoms with van der Waals surface area (Å²) in [6.07, 6.45) is 13.4. The van der Waals surface area contributed by atoms with Crippen LogP contribution in [0.15, 0.2) is 0 Å². The average molecular weight is 477 g/mol. The molecule has 7 rings (SSSR count). The molecule has 0 spiro atoms. The van der Waals surface area contributed by atoms with Crippen LogP contribution in [-0.2, 0) is 0 Å². The highest BCUT2D eigenvalue weighted by atomic mass is 14.7. The minimum absolute atomic E-state index is 0.659. The molecule has 0 nitrogen and oxygen atoms in total. The van der Waals surface area contributed by atoms with Crippen molar-refractivity contribution in [2.75, 3.05) is 0 Å². The summed E-state index contributed by atoms with van der Waals surface area (Å²) in [6.45, 7) is 32.4. The second kappa shape index (κ2) is 13.0. The van der Waals surface area contributed by atoms with E-state index >= 15 is 0 Å². The Balaban J connectivity index is 0.000000241. The molecule has 0 heteroatoms. The summed E-state index contributed by atoms with van der Waals surface area (Å²) in [7, 11) is 0. The molecule has 0 aromatic rings. The molecule has 7 atom stereocenters. The van der Waals surface area contributed by atoms with Gasteiger partial charge in [0, 0.05) is 0 Å². The van der Waals surface area contributed by atoms with Crippen molar-refractivity contribution in [1.82, 2.24) is 0 Å². The highest BCUT2D eigenvalue weighted by Crippen LogP contribution is 2.72. The topological polar surface area (TPSA) is 0 Å². The van der Waals surface area contributed by atoms with Gasteiger partial charge in [-0.15, -0.1) is 0 Å². The number of fused-ring (bicyclic) bond motifs is 4. The molecular formula is C34H68. The zero-order valence-corrected chi connectivity index (χ0v) is 26.5. The fourth-order valence-electron chi connectivity index (χ4n) is 8.26. The molecular weight excluding hydrogens is 408 g/mol. The molecule has 0 radical (unpaired) electrons. The van der Waals surface area contributed by atoms with Crippen LogP contribution in [-0.4, -0.2) is 0 Å². The van der Waals surface area contributed by atoms with Crippen LogP contribution in [0.25, 0.3) is 0 Å². The lowest BCUT2D eigenvalue weighted by Gasteiger charge is -2.54. The van der Waals surface area contributed by atoms with Gasteiger partial charge in [0.05, 0.1) is 0 Å². The SMILES string of the molecule is CC.CC.CC1CC2CC1(C)C2(C)C.CC1CCC(C)CC1.CC1CCC2CC(C1C)C2(C)C. The van der Waals surface area contributed by atoms with Crippen molar-refractivity contribution in [3.63, 3.8) is 0 Å². The van der Waals surface area contributed by atoms with E-state index in [2.05, 4.69) is 69.2 Å². The molecule has 7 unspecified atom stereocenters. The van der Waals surface area contributed by atoms with E-state index < -0.39 is 0 Å². The van der Waals surface area contributed by atoms with Gasteiger partial charge in [0.2, 0.25) is 0 Å². The zero-order valence-electron chi connectivity index (χ0n) is 26.5. The van der Waals surface area contributed by atoms with E-state index in [1.807, 2.05) is 27.7 Å². The van der Waals surface area contributed by atoms with Crippen molar-refractivity contribution >= 4 is 0 Å². The third-order valence-corrected chi connectivity index (χ3v) is 12.2. The summed E-state index contributed by atoms with van der Waals surface area (Å²) in [5.41, 5.74) is 2.02. The summed E-state index contributed by atoms with van der Waals surface area (Å²) in [5.74, 6) is 8.09. The van der Waals surface area contributed by atoms with Gasteiger partial charge in [0.15, 0.2) is 0 Å². The Hall–Kier alpha value is 0. The molecule has 0 amide bonds. The normalized spacial score (nSPS) is 44.3. The summed E-state index contributed by atoms with van der Waals surface area (Å²) in [6, 6.07) is 0. The highest BCUT2D eigenvalue weighted by molar-refractivity contribution is 5.13. The number of hydrogen-bond acceptors (Lipinski definition) is 0. The maximum Gasteiger partial charge on any atom is -0.0243 e. The highest BCUT2D eigenvalue weighted by Gasteiger charge is 2.64. The second-order valence-corrected chi connectivity index (χ2v) is 14.3. The van der Waals surface area contributed by atoms with Gasteiger partial charge in [-0.25, -0.2) is 0 Å². The van der Waals surface area contributed by atoms with E-state index in [9.17, 15) is 0 Å². The van der Waals surface area contributed by atoms with Gasteiger partial charge < -0.3 is 0 Å². The molecule has 34 heavy (non-hydrogen) atoms. The second-order valence-electron chi connectivity index (χ2n) is 14.3. The van der Waals surface area contributed by atoms with Gasteiger partial charge in [-0.2, -0.15) is 0 Å². The third kappa shape index (κ3) is 6.46. The molecule has 0 aliphatic heterocycles. The molecule has 0 saturated heterocycles. The summed E-state index contributed by atoms with van der Waals surface area (Å²) in [4.78, 5) is 0. The molecule has 204 valence electrons. The van der Waals surface area contributed by atoms with E-state index in [1.54, 1.807) is 0 Å². The van der Waals surface area contributed by atoms with Crippen LogP contribution in [0, 0.1) is 63.6 Å². The van der Waals surface area contributed by atoms with Crippen molar-refractivity contribution in [2.24, 2.45) is 63.6 Å². The van der Waals surface area contributed by atoms with Crippen molar-refractivity contribution in [1.29, 1.82) is 0 Å². The number of rotatable bonds is 0. The van der Waals surface area contributed by atoms with Crippen LogP contribution in [0.1, 0.15) is 155 Å². The average Bonchev–Trinajstić information content (AvgIpc) is 3.12. The Morgan fingerprint density at radius 2 is 1.03 bits per heavy atom. The van der Waals surface area contributed by atoms with Crippen LogP contribution in [0.3, 0.4) is 0 Å². The predicted octanol–water partition coefficient (Wildman–Crippen LogP) is 11.7. The van der Waals surface area contributed by atoms with Crippen LogP contribution in [0.4, 0.5) is 0 Å². The Morgan fingerprint density at radius 3 is 1.32 bits per heavy atom. The van der Waals surface area contributed by atoms with Gasteiger partial charge in [0.1, 0.15) is 0 Å². The van der Waals surface area contributed by atoms with E-state index in [4.69, 9.17) is 0 Å². The molecule has 0 N–H and O–H groups in total. The van der Waals surface area contributed by atoms with Crippen LogP contribution in [0.2, 0.25) is 0 Å². The van der Waals surface area contributed by atoms with E-state index in [0.717, 1.165) is 47.3 Å². The smallest absolute Gasteiger partial charge is 0.0243 e. The van der Waals surface area contributed by atoms with E-state index in [1.165, 1.54) is 57.8 Å². The molecule has 0 aromatic carbocycles. The first-order valence-corrected chi connectivity index (χ1v) is 15.8. The largest absolute Gasteiger partial charge is 0.0683 e. The Labute approximate surface area is 218 Å². The lowest BCUT2D eigenvalue weighted by molar-refractivity contribution is -0.0559. The van der Waals surface area contributed by atoms with Crippen LogP contribution in [0.5, 0.6) is 0 Å². The molecule has 7 aliphatic rings. The first-order valence-electron chi connectivity index (χ1n) is 15.8. The first-order chi connectivity index (χ1) is 15.8. The lowest BCUT2D eigenvalue weighted by Crippen LogP contribution is -2.47. The Morgan fingerprint density at radius 1 is 0.559 bits per heavy atom. The lowest BCUT2D eigenvalue weighted by atomic mass is 9.50. The third-order valence-electron chi connectivity index (χ3n) is 12.2. The Kier molecular flexibility index (Phi) is 12.2. The van der Waals surface area contributed by atoms with Crippen molar-refractivity contribution < 1.29 is 0 Å². The van der Waals surface area contributed by atoms with Gasteiger partial charge in [-0.1, -0.05) is 129 Å². The van der Waals surface area contributed by atoms with Gasteiger partial charge >= 0.3 is 0 Å².